The van der Waals surface area contributed by atoms with Crippen LogP contribution in [0.1, 0.15) is 73.1 Å². The second-order valence-corrected chi connectivity index (χ2v) is 7.45. The van der Waals surface area contributed by atoms with Crippen LogP contribution in [-0.4, -0.2) is 17.0 Å². The highest BCUT2D eigenvalue weighted by Gasteiger charge is 2.56. The summed E-state index contributed by atoms with van der Waals surface area (Å²) in [6.45, 7) is 10.7. The molecule has 1 N–H and O–H groups in total. The number of allylic oxidation sites excluding steroid dienone is 1. The zero-order valence-electron chi connectivity index (χ0n) is 14.4. The second kappa shape index (κ2) is 5.87. The van der Waals surface area contributed by atoms with Gasteiger partial charge in [0.15, 0.2) is 0 Å². The molecule has 0 aromatic heterocycles. The van der Waals surface area contributed by atoms with Crippen LogP contribution in [0.4, 0.5) is 0 Å². The smallest absolute Gasteiger partial charge is 0.136 e. The Bertz CT molecular complexity index is 439. The molecule has 3 rings (SSSR count). The summed E-state index contributed by atoms with van der Waals surface area (Å²) in [6.07, 6.45) is 7.92. The van der Waals surface area contributed by atoms with Gasteiger partial charge in [0.05, 0.1) is 6.10 Å². The first-order chi connectivity index (χ1) is 9.89. The number of aliphatic hydroxyl groups excluding tert-OH is 1. The molecule has 2 fully saturated rings. The zero-order valence-corrected chi connectivity index (χ0v) is 14.4. The maximum Gasteiger partial charge on any atom is 0.136 e. The average Bonchev–Trinajstić information content (AvgIpc) is 2.48. The SMILES string of the molecule is CC.CC1C(=O)CCC2(C)C3=CCCC(O)C3(C)CCC12. The van der Waals surface area contributed by atoms with Crippen molar-refractivity contribution in [2.45, 2.75) is 79.2 Å². The van der Waals surface area contributed by atoms with Gasteiger partial charge in [-0.3, -0.25) is 4.79 Å². The van der Waals surface area contributed by atoms with E-state index in [1.165, 1.54) is 5.57 Å². The molecule has 0 saturated heterocycles. The largest absolute Gasteiger partial charge is 0.392 e. The third-order valence-electron chi connectivity index (χ3n) is 6.55. The monoisotopic (exact) mass is 292 g/mol. The quantitative estimate of drug-likeness (QED) is 0.667. The first-order valence-corrected chi connectivity index (χ1v) is 8.81. The Morgan fingerprint density at radius 1 is 1.14 bits per heavy atom. The van der Waals surface area contributed by atoms with Crippen LogP contribution in [-0.2, 0) is 4.79 Å². The zero-order chi connectivity index (χ0) is 15.8. The molecular weight excluding hydrogens is 260 g/mol. The number of hydrogen-bond donors (Lipinski definition) is 1. The summed E-state index contributed by atoms with van der Waals surface area (Å²) in [4.78, 5) is 12.0. The van der Waals surface area contributed by atoms with Crippen molar-refractivity contribution in [3.63, 3.8) is 0 Å². The summed E-state index contributed by atoms with van der Waals surface area (Å²) < 4.78 is 0. The van der Waals surface area contributed by atoms with Crippen LogP contribution in [0.2, 0.25) is 0 Å². The van der Waals surface area contributed by atoms with E-state index in [1.54, 1.807) is 0 Å². The van der Waals surface area contributed by atoms with E-state index < -0.39 is 0 Å². The molecule has 0 amide bonds. The number of rotatable bonds is 0. The predicted molar refractivity (Wildman–Crippen MR) is 87.0 cm³/mol. The van der Waals surface area contributed by atoms with Gasteiger partial charge in [0, 0.05) is 17.8 Å². The van der Waals surface area contributed by atoms with Gasteiger partial charge in [0.1, 0.15) is 5.78 Å². The van der Waals surface area contributed by atoms with Gasteiger partial charge in [-0.05, 0) is 43.4 Å². The van der Waals surface area contributed by atoms with E-state index in [1.807, 2.05) is 13.8 Å². The molecule has 5 unspecified atom stereocenters. The lowest BCUT2D eigenvalue weighted by atomic mass is 9.46. The van der Waals surface area contributed by atoms with E-state index in [4.69, 9.17) is 0 Å². The highest BCUT2D eigenvalue weighted by atomic mass is 16.3. The van der Waals surface area contributed by atoms with Gasteiger partial charge in [-0.15, -0.1) is 0 Å². The number of fused-ring (bicyclic) bond motifs is 3. The standard InChI is InChI=1S/C17H26O2.C2H6/c1-11-12-7-9-17(3)14(5-4-6-15(17)19)16(12,2)10-8-13(11)18;1-2/h5,11-12,15,19H,4,6-10H2,1-3H3;1-2H3. The van der Waals surface area contributed by atoms with E-state index in [2.05, 4.69) is 26.8 Å². The van der Waals surface area contributed by atoms with Gasteiger partial charge in [0.2, 0.25) is 0 Å². The second-order valence-electron chi connectivity index (χ2n) is 7.45. The minimum Gasteiger partial charge on any atom is -0.392 e. The predicted octanol–water partition coefficient (Wildman–Crippen LogP) is 4.52. The summed E-state index contributed by atoms with van der Waals surface area (Å²) in [5.41, 5.74) is 1.57. The van der Waals surface area contributed by atoms with Crippen molar-refractivity contribution in [1.82, 2.24) is 0 Å². The number of Topliss-reactive ketones (excluding diaryl/α,β-unsaturated/α-hetero) is 1. The number of hydrogen-bond acceptors (Lipinski definition) is 2. The fourth-order valence-corrected chi connectivity index (χ4v) is 5.23. The van der Waals surface area contributed by atoms with Crippen molar-refractivity contribution in [2.75, 3.05) is 0 Å². The van der Waals surface area contributed by atoms with Crippen LogP contribution in [0.5, 0.6) is 0 Å². The van der Waals surface area contributed by atoms with Gasteiger partial charge in [-0.1, -0.05) is 46.3 Å². The lowest BCUT2D eigenvalue weighted by molar-refractivity contribution is -0.133. The minimum atomic E-state index is -0.196. The number of carbonyl (C=O) groups is 1. The van der Waals surface area contributed by atoms with E-state index in [0.717, 1.165) is 38.5 Å². The first-order valence-electron chi connectivity index (χ1n) is 8.81. The average molecular weight is 292 g/mol. The van der Waals surface area contributed by atoms with E-state index >= 15 is 0 Å². The number of ketones is 1. The molecule has 3 aliphatic carbocycles. The fraction of sp³-hybridized carbons (Fsp3) is 0.842. The van der Waals surface area contributed by atoms with Gasteiger partial charge in [0.25, 0.3) is 0 Å². The molecule has 21 heavy (non-hydrogen) atoms. The number of aliphatic hydroxyl groups is 1. The molecule has 0 aliphatic heterocycles. The molecule has 120 valence electrons. The van der Waals surface area contributed by atoms with Crippen molar-refractivity contribution < 1.29 is 9.90 Å². The Balaban J connectivity index is 0.000000774. The van der Waals surface area contributed by atoms with Gasteiger partial charge < -0.3 is 5.11 Å². The molecule has 3 aliphatic rings. The van der Waals surface area contributed by atoms with Crippen molar-refractivity contribution in [1.29, 1.82) is 0 Å². The molecule has 0 bridgehead atoms. The Morgan fingerprint density at radius 3 is 2.48 bits per heavy atom. The third kappa shape index (κ3) is 2.40. The molecule has 0 heterocycles. The minimum absolute atomic E-state index is 0.0381. The summed E-state index contributed by atoms with van der Waals surface area (Å²) in [7, 11) is 0. The fourth-order valence-electron chi connectivity index (χ4n) is 5.23. The van der Waals surface area contributed by atoms with Crippen LogP contribution >= 0.6 is 0 Å². The molecule has 2 heteroatoms. The van der Waals surface area contributed by atoms with Crippen molar-refractivity contribution >= 4 is 5.78 Å². The summed E-state index contributed by atoms with van der Waals surface area (Å²) in [6, 6.07) is 0. The van der Waals surface area contributed by atoms with Crippen LogP contribution in [0.25, 0.3) is 0 Å². The lowest BCUT2D eigenvalue weighted by Crippen LogP contribution is -2.53. The molecular formula is C19H32O2. The Kier molecular flexibility index (Phi) is 4.68. The summed E-state index contributed by atoms with van der Waals surface area (Å²) in [5.74, 6) is 1.13. The first kappa shape index (κ1) is 16.7. The lowest BCUT2D eigenvalue weighted by Gasteiger charge is -2.58. The molecule has 0 aromatic carbocycles. The highest BCUT2D eigenvalue weighted by molar-refractivity contribution is 5.82. The molecule has 0 spiro atoms. The summed E-state index contributed by atoms with van der Waals surface area (Å²) in [5, 5.41) is 10.5. The Hall–Kier alpha value is -0.630. The van der Waals surface area contributed by atoms with E-state index in [9.17, 15) is 9.90 Å². The third-order valence-corrected chi connectivity index (χ3v) is 6.55. The molecule has 0 radical (unpaired) electrons. The summed E-state index contributed by atoms with van der Waals surface area (Å²) >= 11 is 0. The van der Waals surface area contributed by atoms with Crippen LogP contribution in [0.3, 0.4) is 0 Å². The maximum absolute atomic E-state index is 12.0. The molecule has 0 aromatic rings. The van der Waals surface area contributed by atoms with Crippen molar-refractivity contribution in [2.24, 2.45) is 22.7 Å². The normalized spacial score (nSPS) is 45.7. The highest BCUT2D eigenvalue weighted by Crippen LogP contribution is 2.62. The Labute approximate surface area is 130 Å². The van der Waals surface area contributed by atoms with Gasteiger partial charge >= 0.3 is 0 Å². The molecule has 2 saturated carbocycles. The van der Waals surface area contributed by atoms with Gasteiger partial charge in [-0.2, -0.15) is 0 Å². The Morgan fingerprint density at radius 2 is 1.81 bits per heavy atom. The topological polar surface area (TPSA) is 37.3 Å². The van der Waals surface area contributed by atoms with E-state index in [-0.39, 0.29) is 22.9 Å². The van der Waals surface area contributed by atoms with Gasteiger partial charge in [-0.25, -0.2) is 0 Å². The molecule has 2 nitrogen and oxygen atoms in total. The van der Waals surface area contributed by atoms with E-state index in [0.29, 0.717) is 11.7 Å². The van der Waals surface area contributed by atoms with Crippen LogP contribution < -0.4 is 0 Å². The van der Waals surface area contributed by atoms with Crippen LogP contribution in [0.15, 0.2) is 11.6 Å². The maximum atomic E-state index is 12.0. The molecule has 5 atom stereocenters. The van der Waals surface area contributed by atoms with Crippen molar-refractivity contribution in [3.8, 4) is 0 Å². The number of carbonyl (C=O) groups excluding carboxylic acids is 1. The van der Waals surface area contributed by atoms with Crippen LogP contribution in [0, 0.1) is 22.7 Å². The van der Waals surface area contributed by atoms with Crippen molar-refractivity contribution in [3.05, 3.63) is 11.6 Å².